The monoisotopic (exact) mass is 314 g/mol. The van der Waals surface area contributed by atoms with Crippen LogP contribution in [0.5, 0.6) is 0 Å². The number of hydrogen-bond donors (Lipinski definition) is 1. The van der Waals surface area contributed by atoms with Crippen molar-refractivity contribution >= 4 is 7.12 Å². The molecule has 0 bridgehead atoms. The lowest BCUT2D eigenvalue weighted by Gasteiger charge is -2.37. The van der Waals surface area contributed by atoms with Gasteiger partial charge in [0.25, 0.3) is 0 Å². The number of allylic oxidation sites excluding steroid dienone is 2. The second-order valence-corrected chi connectivity index (χ2v) is 7.38. The minimum absolute atomic E-state index is 0.372. The Morgan fingerprint density at radius 1 is 1.32 bits per heavy atom. The third-order valence-electron chi connectivity index (χ3n) is 5.35. The zero-order chi connectivity index (χ0) is 16.6. The molecule has 2 unspecified atom stereocenters. The lowest BCUT2D eigenvalue weighted by atomic mass is 9.65. The Labute approximate surface area is 133 Å². The van der Waals surface area contributed by atoms with Crippen molar-refractivity contribution in [3.05, 3.63) is 11.5 Å². The lowest BCUT2D eigenvalue weighted by Crippen LogP contribution is -2.41. The van der Waals surface area contributed by atoms with Crippen molar-refractivity contribution in [3.63, 3.8) is 0 Å². The van der Waals surface area contributed by atoms with Crippen LogP contribution in [-0.4, -0.2) is 43.0 Å². The summed E-state index contributed by atoms with van der Waals surface area (Å²) in [5, 5.41) is 10.1. The molecule has 0 amide bonds. The summed E-state index contributed by atoms with van der Waals surface area (Å²) in [4.78, 5) is 0. The van der Waals surface area contributed by atoms with Crippen LogP contribution < -0.4 is 0 Å². The maximum Gasteiger partial charge on any atom is 0.490 e. The van der Waals surface area contributed by atoms with Crippen molar-refractivity contribution in [1.82, 2.24) is 0 Å². The van der Waals surface area contributed by atoms with Gasteiger partial charge in [-0.3, -0.25) is 4.39 Å². The number of ether oxygens (including phenoxy) is 1. The Balaban J connectivity index is 2.09. The average Bonchev–Trinajstić information content (AvgIpc) is 2.68. The molecular formula is C16H28BFO4. The number of aliphatic hydroxyl groups excluding tert-OH is 1. The zero-order valence-corrected chi connectivity index (χ0v) is 14.3. The fourth-order valence-electron chi connectivity index (χ4n) is 2.89. The van der Waals surface area contributed by atoms with Crippen LogP contribution in [0.1, 0.15) is 53.9 Å². The quantitative estimate of drug-likeness (QED) is 0.626. The van der Waals surface area contributed by atoms with E-state index in [1.807, 2.05) is 33.8 Å². The molecule has 0 aromatic rings. The third-order valence-corrected chi connectivity index (χ3v) is 5.35. The first-order valence-corrected chi connectivity index (χ1v) is 8.08. The first kappa shape index (κ1) is 17.9. The average molecular weight is 314 g/mol. The van der Waals surface area contributed by atoms with Gasteiger partial charge in [-0.15, -0.1) is 0 Å². The minimum atomic E-state index is -1.07. The number of rotatable bonds is 5. The fraction of sp³-hybridized carbons (Fsp3) is 0.875. The van der Waals surface area contributed by atoms with E-state index in [2.05, 4.69) is 0 Å². The van der Waals surface area contributed by atoms with Crippen molar-refractivity contribution < 1.29 is 23.5 Å². The Kier molecular flexibility index (Phi) is 5.07. The maximum absolute atomic E-state index is 13.5. The number of hydrogen-bond acceptors (Lipinski definition) is 4. The summed E-state index contributed by atoms with van der Waals surface area (Å²) in [6.07, 6.45) is 2.49. The molecule has 1 fully saturated rings. The normalized spacial score (nSPS) is 32.0. The third kappa shape index (κ3) is 3.11. The van der Waals surface area contributed by atoms with E-state index in [4.69, 9.17) is 14.0 Å². The summed E-state index contributed by atoms with van der Waals surface area (Å²) in [7, 11) is -0.383. The molecule has 0 saturated carbocycles. The van der Waals surface area contributed by atoms with E-state index in [1.165, 1.54) is 0 Å². The van der Waals surface area contributed by atoms with Crippen LogP contribution in [-0.2, 0) is 14.0 Å². The van der Waals surface area contributed by atoms with Gasteiger partial charge in [0.2, 0.25) is 0 Å². The topological polar surface area (TPSA) is 47.9 Å². The van der Waals surface area contributed by atoms with Gasteiger partial charge in [0.05, 0.1) is 16.6 Å². The van der Waals surface area contributed by atoms with E-state index < -0.39 is 18.4 Å². The molecule has 1 N–H and O–H groups in total. The van der Waals surface area contributed by atoms with Gasteiger partial charge in [-0.05, 0) is 59.4 Å². The van der Waals surface area contributed by atoms with Crippen molar-refractivity contribution in [1.29, 1.82) is 0 Å². The molecular weight excluding hydrogens is 286 g/mol. The molecule has 0 radical (unpaired) electrons. The zero-order valence-electron chi connectivity index (χ0n) is 14.3. The Morgan fingerprint density at radius 2 is 1.91 bits per heavy atom. The predicted molar refractivity (Wildman–Crippen MR) is 84.1 cm³/mol. The molecule has 0 aromatic carbocycles. The van der Waals surface area contributed by atoms with Gasteiger partial charge in [-0.2, -0.15) is 0 Å². The smallest absolute Gasteiger partial charge is 0.400 e. The molecule has 2 rings (SSSR count). The predicted octanol–water partition coefficient (Wildman–Crippen LogP) is 3.04. The second-order valence-electron chi connectivity index (χ2n) is 7.38. The summed E-state index contributed by atoms with van der Waals surface area (Å²) in [5.41, 5.74) is -0.564. The molecule has 4 nitrogen and oxygen atoms in total. The largest absolute Gasteiger partial charge is 0.490 e. The fourth-order valence-corrected chi connectivity index (χ4v) is 2.89. The van der Waals surface area contributed by atoms with Gasteiger partial charge in [0.15, 0.2) is 6.29 Å². The van der Waals surface area contributed by atoms with E-state index in [1.54, 1.807) is 6.92 Å². The molecule has 1 saturated heterocycles. The highest BCUT2D eigenvalue weighted by Gasteiger charge is 2.53. The van der Waals surface area contributed by atoms with E-state index >= 15 is 0 Å². The first-order chi connectivity index (χ1) is 10.2. The molecule has 2 atom stereocenters. The van der Waals surface area contributed by atoms with Crippen LogP contribution in [0.3, 0.4) is 0 Å². The van der Waals surface area contributed by atoms with Crippen LogP contribution in [0.4, 0.5) is 4.39 Å². The van der Waals surface area contributed by atoms with Gasteiger partial charge >= 0.3 is 7.12 Å². The van der Waals surface area contributed by atoms with E-state index in [0.29, 0.717) is 25.9 Å². The summed E-state index contributed by atoms with van der Waals surface area (Å²) in [6.45, 7) is 9.63. The van der Waals surface area contributed by atoms with Crippen LogP contribution >= 0.6 is 0 Å². The van der Waals surface area contributed by atoms with Gasteiger partial charge in [-0.25, -0.2) is 0 Å². The van der Waals surface area contributed by atoms with Gasteiger partial charge in [0.1, 0.15) is 6.67 Å². The molecule has 1 heterocycles. The molecule has 126 valence electrons. The molecule has 1 aliphatic carbocycles. The highest BCUT2D eigenvalue weighted by molar-refractivity contribution is 6.54. The van der Waals surface area contributed by atoms with Crippen LogP contribution in [0, 0.1) is 5.41 Å². The number of aliphatic hydroxyl groups is 1. The Bertz CT molecular complexity index is 422. The van der Waals surface area contributed by atoms with Crippen molar-refractivity contribution in [2.24, 2.45) is 5.41 Å². The second kappa shape index (κ2) is 6.23. The summed E-state index contributed by atoms with van der Waals surface area (Å²) < 4.78 is 30.8. The molecule has 0 aromatic heterocycles. The maximum atomic E-state index is 13.5. The van der Waals surface area contributed by atoms with Crippen LogP contribution in [0.25, 0.3) is 0 Å². The van der Waals surface area contributed by atoms with Crippen LogP contribution in [0.15, 0.2) is 11.5 Å². The van der Waals surface area contributed by atoms with Gasteiger partial charge < -0.3 is 19.2 Å². The van der Waals surface area contributed by atoms with E-state index in [-0.39, 0.29) is 18.3 Å². The Morgan fingerprint density at radius 3 is 2.32 bits per heavy atom. The molecule has 6 heteroatoms. The van der Waals surface area contributed by atoms with E-state index in [0.717, 1.165) is 5.47 Å². The first-order valence-electron chi connectivity index (χ1n) is 8.08. The number of alkyl halides is 1. The summed E-state index contributed by atoms with van der Waals surface area (Å²) >= 11 is 0. The number of halogens is 1. The van der Waals surface area contributed by atoms with Crippen molar-refractivity contribution in [3.8, 4) is 0 Å². The highest BCUT2D eigenvalue weighted by atomic mass is 19.1. The highest BCUT2D eigenvalue weighted by Crippen LogP contribution is 2.44. The van der Waals surface area contributed by atoms with Gasteiger partial charge in [-0.1, -0.05) is 6.08 Å². The van der Waals surface area contributed by atoms with E-state index in [9.17, 15) is 9.50 Å². The SMILES string of the molecule is CCOC(O)C1(CF)CC=C(B2OC(C)(C)C(C)(C)O2)CC1. The molecule has 22 heavy (non-hydrogen) atoms. The summed E-state index contributed by atoms with van der Waals surface area (Å²) in [6, 6.07) is 0. The van der Waals surface area contributed by atoms with Crippen molar-refractivity contribution in [2.75, 3.05) is 13.3 Å². The van der Waals surface area contributed by atoms with Gasteiger partial charge in [0, 0.05) is 6.61 Å². The molecule has 2 aliphatic rings. The molecule has 1 aliphatic heterocycles. The molecule has 0 spiro atoms. The van der Waals surface area contributed by atoms with Crippen molar-refractivity contribution in [2.45, 2.75) is 71.4 Å². The minimum Gasteiger partial charge on any atom is -0.400 e. The Hall–Kier alpha value is -0.425. The summed E-state index contributed by atoms with van der Waals surface area (Å²) in [5.74, 6) is 0. The lowest BCUT2D eigenvalue weighted by molar-refractivity contribution is -0.181. The standard InChI is InChI=1S/C16H28BFO4/c1-6-20-13(19)16(11-18)9-7-12(8-10-16)17-21-14(2,3)15(4,5)22-17/h7,13,19H,6,8-11H2,1-5H3. The van der Waals surface area contributed by atoms with Crippen LogP contribution in [0.2, 0.25) is 0 Å².